The molecule has 1 fully saturated rings. The Morgan fingerprint density at radius 2 is 1.71 bits per heavy atom. The number of rotatable bonds is 4. The van der Waals surface area contributed by atoms with E-state index in [9.17, 15) is 9.59 Å². The maximum Gasteiger partial charge on any atom is 0.177 e. The van der Waals surface area contributed by atoms with Crippen molar-refractivity contribution in [1.82, 2.24) is 4.98 Å². The van der Waals surface area contributed by atoms with Crippen LogP contribution in [0.3, 0.4) is 0 Å². The first-order valence-electron chi connectivity index (χ1n) is 7.98. The molecule has 0 amide bonds. The molecule has 0 N–H and O–H groups in total. The zero-order chi connectivity index (χ0) is 16.9. The molecule has 2 aromatic rings. The first-order valence-corrected chi connectivity index (χ1v) is 8.36. The van der Waals surface area contributed by atoms with Crippen LogP contribution in [-0.2, 0) is 10.3 Å². The molecule has 1 saturated heterocycles. The fourth-order valence-corrected chi connectivity index (χ4v) is 3.85. The van der Waals surface area contributed by atoms with Crippen molar-refractivity contribution < 1.29 is 14.3 Å². The second-order valence-electron chi connectivity index (χ2n) is 6.44. The van der Waals surface area contributed by atoms with E-state index in [4.69, 9.17) is 16.3 Å². The van der Waals surface area contributed by atoms with Gasteiger partial charge in [0.25, 0.3) is 0 Å². The highest BCUT2D eigenvalue weighted by Gasteiger charge is 2.60. The van der Waals surface area contributed by atoms with E-state index in [0.29, 0.717) is 41.4 Å². The topological polar surface area (TPSA) is 59.6 Å². The van der Waals surface area contributed by atoms with E-state index in [1.165, 1.54) is 0 Å². The summed E-state index contributed by atoms with van der Waals surface area (Å²) >= 11 is 5.99. The van der Waals surface area contributed by atoms with Crippen molar-refractivity contribution in [3.05, 3.63) is 64.4 Å². The predicted molar refractivity (Wildman–Crippen MR) is 89.3 cm³/mol. The number of aromatic nitrogens is 1. The standard InChI is InChI=1S/C19H16ClNO3/c1-2-18(16(22)12-6-3-4-7-13(12)17(18)23)10-19(11-24-19)14-8-5-9-15(20)21-14/h3-9H,2,10-11H2,1H3/t19-/m1/s1. The summed E-state index contributed by atoms with van der Waals surface area (Å²) in [4.78, 5) is 30.4. The summed E-state index contributed by atoms with van der Waals surface area (Å²) in [7, 11) is 0. The van der Waals surface area contributed by atoms with Crippen LogP contribution < -0.4 is 0 Å². The summed E-state index contributed by atoms with van der Waals surface area (Å²) in [6.45, 7) is 2.32. The number of carbonyl (C=O) groups is 2. The number of hydrogen-bond donors (Lipinski definition) is 0. The molecule has 24 heavy (non-hydrogen) atoms. The van der Waals surface area contributed by atoms with E-state index in [-0.39, 0.29) is 11.6 Å². The first-order chi connectivity index (χ1) is 11.5. The zero-order valence-corrected chi connectivity index (χ0v) is 14.0. The molecule has 0 unspecified atom stereocenters. The van der Waals surface area contributed by atoms with Gasteiger partial charge in [0.15, 0.2) is 11.6 Å². The molecule has 1 aliphatic carbocycles. The van der Waals surface area contributed by atoms with Gasteiger partial charge in [-0.25, -0.2) is 4.98 Å². The molecule has 4 rings (SSSR count). The van der Waals surface area contributed by atoms with Crippen LogP contribution in [0.25, 0.3) is 0 Å². The molecule has 4 nitrogen and oxygen atoms in total. The van der Waals surface area contributed by atoms with Gasteiger partial charge in [-0.3, -0.25) is 9.59 Å². The van der Waals surface area contributed by atoms with Gasteiger partial charge < -0.3 is 4.74 Å². The van der Waals surface area contributed by atoms with Gasteiger partial charge in [0.05, 0.1) is 17.7 Å². The second-order valence-corrected chi connectivity index (χ2v) is 6.83. The van der Waals surface area contributed by atoms with Crippen molar-refractivity contribution in [3.8, 4) is 0 Å². The average Bonchev–Trinajstić information content (AvgIpc) is 3.35. The van der Waals surface area contributed by atoms with Gasteiger partial charge in [-0.1, -0.05) is 48.9 Å². The summed E-state index contributed by atoms with van der Waals surface area (Å²) in [6.07, 6.45) is 0.737. The highest BCUT2D eigenvalue weighted by atomic mass is 35.5. The van der Waals surface area contributed by atoms with E-state index >= 15 is 0 Å². The van der Waals surface area contributed by atoms with Crippen LogP contribution in [-0.4, -0.2) is 23.2 Å². The molecule has 1 aliphatic heterocycles. The Kier molecular flexibility index (Phi) is 3.37. The lowest BCUT2D eigenvalue weighted by Crippen LogP contribution is -2.37. The Balaban J connectivity index is 1.76. The lowest BCUT2D eigenvalue weighted by atomic mass is 9.72. The minimum Gasteiger partial charge on any atom is -0.363 e. The number of carbonyl (C=O) groups excluding carboxylic acids is 2. The minimum atomic E-state index is -1.08. The van der Waals surface area contributed by atoms with Gasteiger partial charge >= 0.3 is 0 Å². The molecule has 0 bridgehead atoms. The minimum absolute atomic E-state index is 0.109. The van der Waals surface area contributed by atoms with E-state index < -0.39 is 11.0 Å². The maximum absolute atomic E-state index is 13.0. The summed E-state index contributed by atoms with van der Waals surface area (Å²) in [6, 6.07) is 12.4. The summed E-state index contributed by atoms with van der Waals surface area (Å²) < 4.78 is 5.70. The normalized spacial score (nSPS) is 24.1. The molecular formula is C19H16ClNO3. The van der Waals surface area contributed by atoms with Crippen molar-refractivity contribution in [3.63, 3.8) is 0 Å². The highest BCUT2D eigenvalue weighted by Crippen LogP contribution is 2.53. The molecule has 2 aliphatic rings. The Morgan fingerprint density at radius 1 is 1.08 bits per heavy atom. The molecule has 0 saturated carbocycles. The summed E-state index contributed by atoms with van der Waals surface area (Å²) in [5.74, 6) is -0.218. The van der Waals surface area contributed by atoms with E-state index in [1.54, 1.807) is 36.4 Å². The quantitative estimate of drug-likeness (QED) is 0.482. The van der Waals surface area contributed by atoms with Gasteiger partial charge in [-0.15, -0.1) is 0 Å². The number of epoxide rings is 1. The average molecular weight is 342 g/mol. The fraction of sp³-hybridized carbons (Fsp3) is 0.316. The van der Waals surface area contributed by atoms with Crippen LogP contribution in [0.5, 0.6) is 0 Å². The van der Waals surface area contributed by atoms with Crippen LogP contribution in [0, 0.1) is 5.41 Å². The van der Waals surface area contributed by atoms with Crippen molar-refractivity contribution in [2.45, 2.75) is 25.4 Å². The molecule has 0 radical (unpaired) electrons. The summed E-state index contributed by atoms with van der Waals surface area (Å²) in [5.41, 5.74) is -0.0730. The molecule has 1 atom stereocenters. The third-order valence-corrected chi connectivity index (χ3v) is 5.36. The molecule has 1 aromatic carbocycles. The lowest BCUT2D eigenvalue weighted by Gasteiger charge is -2.27. The fourth-order valence-electron chi connectivity index (χ4n) is 3.68. The Hall–Kier alpha value is -2.04. The van der Waals surface area contributed by atoms with Crippen molar-refractivity contribution in [2.24, 2.45) is 5.41 Å². The van der Waals surface area contributed by atoms with Gasteiger partial charge in [-0.2, -0.15) is 0 Å². The van der Waals surface area contributed by atoms with Gasteiger partial charge in [0.1, 0.15) is 10.8 Å². The van der Waals surface area contributed by atoms with Crippen LogP contribution in [0.1, 0.15) is 46.2 Å². The van der Waals surface area contributed by atoms with Crippen LogP contribution in [0.4, 0.5) is 0 Å². The third kappa shape index (κ3) is 2.06. The molecule has 122 valence electrons. The number of nitrogens with zero attached hydrogens (tertiary/aromatic N) is 1. The van der Waals surface area contributed by atoms with Crippen LogP contribution in [0.15, 0.2) is 42.5 Å². The first kappa shape index (κ1) is 15.5. The lowest BCUT2D eigenvalue weighted by molar-refractivity contribution is 0.0615. The van der Waals surface area contributed by atoms with E-state index in [2.05, 4.69) is 4.98 Å². The van der Waals surface area contributed by atoms with Crippen molar-refractivity contribution >= 4 is 23.2 Å². The summed E-state index contributed by atoms with van der Waals surface area (Å²) in [5, 5.41) is 0.375. The van der Waals surface area contributed by atoms with Crippen LogP contribution >= 0.6 is 11.6 Å². The smallest absolute Gasteiger partial charge is 0.177 e. The molecule has 0 spiro atoms. The van der Waals surface area contributed by atoms with Crippen LogP contribution in [0.2, 0.25) is 5.15 Å². The Labute approximate surface area is 144 Å². The number of benzene rings is 1. The molecule has 2 heterocycles. The largest absolute Gasteiger partial charge is 0.363 e. The Morgan fingerprint density at radius 3 is 2.21 bits per heavy atom. The monoisotopic (exact) mass is 341 g/mol. The highest BCUT2D eigenvalue weighted by molar-refractivity contribution is 6.30. The van der Waals surface area contributed by atoms with Gasteiger partial charge in [0.2, 0.25) is 0 Å². The van der Waals surface area contributed by atoms with Gasteiger partial charge in [0, 0.05) is 17.5 Å². The number of hydrogen-bond acceptors (Lipinski definition) is 4. The predicted octanol–water partition coefficient (Wildman–Crippen LogP) is 3.83. The van der Waals surface area contributed by atoms with Crippen molar-refractivity contribution in [2.75, 3.05) is 6.61 Å². The molecule has 5 heteroatoms. The zero-order valence-electron chi connectivity index (χ0n) is 13.2. The number of pyridine rings is 1. The number of halogens is 1. The second kappa shape index (κ2) is 5.23. The van der Waals surface area contributed by atoms with Crippen molar-refractivity contribution in [1.29, 1.82) is 0 Å². The SMILES string of the molecule is CCC1(C[C@]2(c3cccc(Cl)n3)CO2)C(=O)c2ccccc2C1=O. The number of ketones is 2. The van der Waals surface area contributed by atoms with E-state index in [0.717, 1.165) is 0 Å². The molecular weight excluding hydrogens is 326 g/mol. The van der Waals surface area contributed by atoms with Gasteiger partial charge in [-0.05, 0) is 18.6 Å². The number of ether oxygens (including phenoxy) is 1. The molecule has 1 aromatic heterocycles. The van der Waals surface area contributed by atoms with E-state index in [1.807, 2.05) is 13.0 Å². The third-order valence-electron chi connectivity index (χ3n) is 5.15. The number of Topliss-reactive ketones (excluding diaryl/α,β-unsaturated/α-hetero) is 2. The number of fused-ring (bicyclic) bond motifs is 1. The Bertz CT molecular complexity index is 822. The maximum atomic E-state index is 13.0.